The van der Waals surface area contributed by atoms with Crippen molar-refractivity contribution in [3.8, 4) is 0 Å². The Labute approximate surface area is 204 Å². The maximum absolute atomic E-state index is 13.3. The van der Waals surface area contributed by atoms with E-state index in [9.17, 15) is 4.39 Å². The Bertz CT molecular complexity index is 972. The molecule has 1 saturated heterocycles. The number of likely N-dealkylation sites (tertiary alicyclic amines) is 1. The summed E-state index contributed by atoms with van der Waals surface area (Å²) < 4.78 is 13.3. The molecule has 1 aromatic carbocycles. The molecule has 0 aliphatic carbocycles. The number of halogens is 2. The standard InChI is InChI=1S/C23H30FN5S.HI/c1-25-23(26-9-8-18-14-27-22-12-19(24)6-7-21(18)22)28-13-17-4-2-10-29(15-17)16-20-5-3-11-30-20;/h3,5-7,11-12,14,17,27H,2,4,8-10,13,15-16H2,1H3,(H2,25,26,28);1H. The van der Waals surface area contributed by atoms with Gasteiger partial charge in [0.15, 0.2) is 5.96 Å². The summed E-state index contributed by atoms with van der Waals surface area (Å²) >= 11 is 1.84. The summed E-state index contributed by atoms with van der Waals surface area (Å²) in [7, 11) is 1.81. The maximum Gasteiger partial charge on any atom is 0.190 e. The topological polar surface area (TPSA) is 55.5 Å². The lowest BCUT2D eigenvalue weighted by molar-refractivity contribution is 0.169. The number of aromatic nitrogens is 1. The van der Waals surface area contributed by atoms with E-state index >= 15 is 0 Å². The number of nitrogens with one attached hydrogen (secondary N) is 3. The molecule has 4 rings (SSSR count). The van der Waals surface area contributed by atoms with Gasteiger partial charge in [-0.2, -0.15) is 0 Å². The molecule has 0 saturated carbocycles. The minimum Gasteiger partial charge on any atom is -0.361 e. The first-order valence-corrected chi connectivity index (χ1v) is 11.5. The first-order valence-electron chi connectivity index (χ1n) is 10.7. The molecular formula is C23H31FIN5S. The zero-order valence-electron chi connectivity index (χ0n) is 17.9. The maximum atomic E-state index is 13.3. The number of rotatable bonds is 7. The van der Waals surface area contributed by atoms with Crippen molar-refractivity contribution in [3.05, 3.63) is 58.2 Å². The SMILES string of the molecule is CN=C(NCCc1c[nH]c2cc(F)ccc12)NCC1CCCN(Cc2cccs2)C1.I. The number of guanidine groups is 1. The number of fused-ring (bicyclic) bond motifs is 1. The van der Waals surface area contributed by atoms with Crippen molar-refractivity contribution in [2.24, 2.45) is 10.9 Å². The van der Waals surface area contributed by atoms with Gasteiger partial charge in [0.2, 0.25) is 0 Å². The molecule has 0 radical (unpaired) electrons. The summed E-state index contributed by atoms with van der Waals surface area (Å²) in [5.41, 5.74) is 2.03. The van der Waals surface area contributed by atoms with E-state index in [1.54, 1.807) is 6.07 Å². The fraction of sp³-hybridized carbons (Fsp3) is 0.435. The molecule has 0 amide bonds. The van der Waals surface area contributed by atoms with Crippen LogP contribution in [0.15, 0.2) is 46.9 Å². The van der Waals surface area contributed by atoms with Crippen molar-refractivity contribution in [1.29, 1.82) is 0 Å². The molecular weight excluding hydrogens is 524 g/mol. The second-order valence-corrected chi connectivity index (χ2v) is 8.99. The van der Waals surface area contributed by atoms with Gasteiger partial charge in [-0.3, -0.25) is 9.89 Å². The predicted octanol–water partition coefficient (Wildman–Crippen LogP) is 4.61. The molecule has 5 nitrogen and oxygen atoms in total. The van der Waals surface area contributed by atoms with E-state index < -0.39 is 0 Å². The zero-order chi connectivity index (χ0) is 20.8. The van der Waals surface area contributed by atoms with Gasteiger partial charge in [-0.1, -0.05) is 6.07 Å². The third-order valence-electron chi connectivity index (χ3n) is 5.76. The van der Waals surface area contributed by atoms with Gasteiger partial charge < -0.3 is 15.6 Å². The van der Waals surface area contributed by atoms with Crippen molar-refractivity contribution in [2.45, 2.75) is 25.8 Å². The van der Waals surface area contributed by atoms with Crippen molar-refractivity contribution >= 4 is 52.2 Å². The van der Waals surface area contributed by atoms with Crippen molar-refractivity contribution in [3.63, 3.8) is 0 Å². The van der Waals surface area contributed by atoms with E-state index in [0.29, 0.717) is 5.92 Å². The Morgan fingerprint density at radius 1 is 1.32 bits per heavy atom. The summed E-state index contributed by atoms with van der Waals surface area (Å²) in [6, 6.07) is 9.25. The van der Waals surface area contributed by atoms with Crippen LogP contribution >= 0.6 is 35.3 Å². The summed E-state index contributed by atoms with van der Waals surface area (Å²) in [5.74, 6) is 1.27. The normalized spacial score (nSPS) is 17.5. The van der Waals surface area contributed by atoms with Gasteiger partial charge in [-0.05, 0) is 66.9 Å². The largest absolute Gasteiger partial charge is 0.361 e. The van der Waals surface area contributed by atoms with Crippen LogP contribution in [0.4, 0.5) is 4.39 Å². The number of benzene rings is 1. The van der Waals surface area contributed by atoms with Crippen LogP contribution in [0.3, 0.4) is 0 Å². The molecule has 1 fully saturated rings. The molecule has 168 valence electrons. The van der Waals surface area contributed by atoms with Gasteiger partial charge >= 0.3 is 0 Å². The predicted molar refractivity (Wildman–Crippen MR) is 139 cm³/mol. The molecule has 3 N–H and O–H groups in total. The highest BCUT2D eigenvalue weighted by atomic mass is 127. The van der Waals surface area contributed by atoms with Crippen LogP contribution in [0.25, 0.3) is 10.9 Å². The van der Waals surface area contributed by atoms with Crippen molar-refractivity contribution in [1.82, 2.24) is 20.5 Å². The highest BCUT2D eigenvalue weighted by molar-refractivity contribution is 14.0. The van der Waals surface area contributed by atoms with E-state index in [0.717, 1.165) is 49.5 Å². The highest BCUT2D eigenvalue weighted by Gasteiger charge is 2.20. The Kier molecular flexibility index (Phi) is 9.15. The third-order valence-corrected chi connectivity index (χ3v) is 6.62. The minimum absolute atomic E-state index is 0. The molecule has 1 atom stereocenters. The van der Waals surface area contributed by atoms with Crippen LogP contribution in [0.2, 0.25) is 0 Å². The molecule has 3 heterocycles. The van der Waals surface area contributed by atoms with Gasteiger partial charge in [0.05, 0.1) is 0 Å². The zero-order valence-corrected chi connectivity index (χ0v) is 21.0. The minimum atomic E-state index is -0.213. The van der Waals surface area contributed by atoms with Crippen LogP contribution in [-0.2, 0) is 13.0 Å². The van der Waals surface area contributed by atoms with Gasteiger partial charge in [-0.15, -0.1) is 35.3 Å². The molecule has 1 unspecified atom stereocenters. The fourth-order valence-electron chi connectivity index (χ4n) is 4.23. The average molecular weight is 556 g/mol. The summed E-state index contributed by atoms with van der Waals surface area (Å²) in [5, 5.41) is 10.1. The monoisotopic (exact) mass is 555 g/mol. The highest BCUT2D eigenvalue weighted by Crippen LogP contribution is 2.20. The van der Waals surface area contributed by atoms with E-state index in [1.165, 1.54) is 35.9 Å². The lowest BCUT2D eigenvalue weighted by Crippen LogP contribution is -2.44. The molecule has 1 aliphatic heterocycles. The van der Waals surface area contributed by atoms with Gasteiger partial charge in [0.1, 0.15) is 5.82 Å². The molecule has 2 aromatic heterocycles. The number of nitrogens with zero attached hydrogens (tertiary/aromatic N) is 2. The fourth-order valence-corrected chi connectivity index (χ4v) is 4.97. The number of hydrogen-bond donors (Lipinski definition) is 3. The Balaban J connectivity index is 0.00000272. The van der Waals surface area contributed by atoms with Gasteiger partial charge in [-0.25, -0.2) is 4.39 Å². The van der Waals surface area contributed by atoms with Crippen LogP contribution in [0.5, 0.6) is 0 Å². The lowest BCUT2D eigenvalue weighted by atomic mass is 9.98. The molecule has 1 aliphatic rings. The summed E-state index contributed by atoms with van der Waals surface area (Å²) in [6.07, 6.45) is 5.33. The Hall–Kier alpha value is -1.65. The summed E-state index contributed by atoms with van der Waals surface area (Å²) in [6.45, 7) is 5.10. The Morgan fingerprint density at radius 3 is 3.03 bits per heavy atom. The third kappa shape index (κ3) is 6.66. The van der Waals surface area contributed by atoms with E-state index in [-0.39, 0.29) is 29.8 Å². The number of aliphatic imine (C=N–C) groups is 1. The van der Waals surface area contributed by atoms with Crippen LogP contribution in [0, 0.1) is 11.7 Å². The van der Waals surface area contributed by atoms with Crippen molar-refractivity contribution in [2.75, 3.05) is 33.2 Å². The van der Waals surface area contributed by atoms with Crippen LogP contribution in [0.1, 0.15) is 23.3 Å². The molecule has 31 heavy (non-hydrogen) atoms. The quantitative estimate of drug-likeness (QED) is 0.227. The van der Waals surface area contributed by atoms with Crippen LogP contribution in [-0.4, -0.2) is 49.1 Å². The van der Waals surface area contributed by atoms with Gasteiger partial charge in [0, 0.05) is 55.2 Å². The number of H-pyrrole nitrogens is 1. The first-order chi connectivity index (χ1) is 14.7. The Morgan fingerprint density at radius 2 is 2.23 bits per heavy atom. The number of aromatic amines is 1. The van der Waals surface area contributed by atoms with E-state index in [4.69, 9.17) is 0 Å². The molecule has 8 heteroatoms. The van der Waals surface area contributed by atoms with Gasteiger partial charge in [0.25, 0.3) is 0 Å². The van der Waals surface area contributed by atoms with Crippen molar-refractivity contribution < 1.29 is 4.39 Å². The number of hydrogen-bond acceptors (Lipinski definition) is 3. The smallest absolute Gasteiger partial charge is 0.190 e. The van der Waals surface area contributed by atoms with Crippen LogP contribution < -0.4 is 10.6 Å². The number of piperidine rings is 1. The average Bonchev–Trinajstić information content (AvgIpc) is 3.40. The number of thiophene rings is 1. The second-order valence-electron chi connectivity index (χ2n) is 7.96. The first kappa shape index (κ1) is 24.0. The van der Waals surface area contributed by atoms with E-state index in [1.807, 2.05) is 30.6 Å². The molecule has 0 bridgehead atoms. The molecule has 0 spiro atoms. The second kappa shape index (κ2) is 11.8. The summed E-state index contributed by atoms with van der Waals surface area (Å²) in [4.78, 5) is 11.5. The molecule has 3 aromatic rings. The lowest BCUT2D eigenvalue weighted by Gasteiger charge is -2.32. The van der Waals surface area contributed by atoms with E-state index in [2.05, 4.69) is 43.0 Å².